The van der Waals surface area contributed by atoms with Gasteiger partial charge in [-0.05, 0) is 23.6 Å². The van der Waals surface area contributed by atoms with Crippen LogP contribution in [0, 0.1) is 0 Å². The van der Waals surface area contributed by atoms with E-state index in [1.807, 2.05) is 54.6 Å². The number of hydrogen-bond acceptors (Lipinski definition) is 2. The van der Waals surface area contributed by atoms with Gasteiger partial charge in [0.05, 0.1) is 12.8 Å². The molecule has 3 heteroatoms. The minimum absolute atomic E-state index is 0.513. The van der Waals surface area contributed by atoms with E-state index in [9.17, 15) is 0 Å². The zero-order chi connectivity index (χ0) is 13.2. The van der Waals surface area contributed by atoms with E-state index < -0.39 is 0 Å². The smallest absolute Gasteiger partial charge is 0.137 e. The molecule has 94 valence electrons. The molecule has 0 aliphatic heterocycles. The third-order valence-corrected chi connectivity index (χ3v) is 3.36. The Balaban J connectivity index is 2.26. The number of aromatic nitrogens is 1. The normalized spacial score (nSPS) is 10.6. The molecule has 1 aromatic heterocycles. The van der Waals surface area contributed by atoms with Crippen molar-refractivity contribution in [3.05, 3.63) is 59.8 Å². The van der Waals surface area contributed by atoms with E-state index in [1.54, 1.807) is 7.11 Å². The summed E-state index contributed by atoms with van der Waals surface area (Å²) in [5, 5.41) is 2.55. The van der Waals surface area contributed by atoms with Gasteiger partial charge in [-0.1, -0.05) is 48.0 Å². The van der Waals surface area contributed by atoms with E-state index in [0.29, 0.717) is 5.15 Å². The lowest BCUT2D eigenvalue weighted by atomic mass is 10.1. The van der Waals surface area contributed by atoms with Gasteiger partial charge in [0, 0.05) is 10.9 Å². The number of nitrogens with zero attached hydrogens (tertiary/aromatic N) is 1. The monoisotopic (exact) mass is 269 g/mol. The van der Waals surface area contributed by atoms with E-state index >= 15 is 0 Å². The van der Waals surface area contributed by atoms with Crippen LogP contribution in [0.1, 0.15) is 0 Å². The number of methoxy groups -OCH3 is 1. The summed E-state index contributed by atoms with van der Waals surface area (Å²) in [5.41, 5.74) is 1.76. The van der Waals surface area contributed by atoms with Gasteiger partial charge >= 0.3 is 0 Å². The second-order valence-electron chi connectivity index (χ2n) is 4.22. The van der Waals surface area contributed by atoms with Gasteiger partial charge in [-0.15, -0.1) is 0 Å². The Morgan fingerprint density at radius 3 is 2.58 bits per heavy atom. The predicted molar refractivity (Wildman–Crippen MR) is 78.7 cm³/mol. The lowest BCUT2D eigenvalue weighted by Crippen LogP contribution is -1.91. The largest absolute Gasteiger partial charge is 0.496 e. The van der Waals surface area contributed by atoms with E-state index in [1.165, 1.54) is 0 Å². The Kier molecular flexibility index (Phi) is 3.10. The van der Waals surface area contributed by atoms with Crippen LogP contribution in [0.5, 0.6) is 5.75 Å². The fraction of sp³-hybridized carbons (Fsp3) is 0.0625. The third kappa shape index (κ3) is 2.15. The van der Waals surface area contributed by atoms with Gasteiger partial charge in [-0.3, -0.25) is 0 Å². The lowest BCUT2D eigenvalue weighted by molar-refractivity contribution is 0.416. The van der Waals surface area contributed by atoms with Crippen molar-refractivity contribution in [1.82, 2.24) is 4.98 Å². The molecule has 0 aliphatic carbocycles. The molecule has 0 aliphatic rings. The maximum atomic E-state index is 6.26. The van der Waals surface area contributed by atoms with Crippen LogP contribution >= 0.6 is 11.6 Å². The first-order chi connectivity index (χ1) is 9.29. The van der Waals surface area contributed by atoms with Crippen LogP contribution in [-0.4, -0.2) is 12.1 Å². The summed E-state index contributed by atoms with van der Waals surface area (Å²) in [6.07, 6.45) is 0. The van der Waals surface area contributed by atoms with Crippen molar-refractivity contribution in [3.63, 3.8) is 0 Å². The molecule has 1 heterocycles. The average Bonchev–Trinajstić information content (AvgIpc) is 2.47. The van der Waals surface area contributed by atoms with Gasteiger partial charge in [0.25, 0.3) is 0 Å². The maximum absolute atomic E-state index is 6.26. The van der Waals surface area contributed by atoms with E-state index in [0.717, 1.165) is 27.8 Å². The van der Waals surface area contributed by atoms with Crippen LogP contribution in [0.4, 0.5) is 0 Å². The molecule has 2 nitrogen and oxygen atoms in total. The van der Waals surface area contributed by atoms with Gasteiger partial charge < -0.3 is 4.74 Å². The molecule has 0 radical (unpaired) electrons. The summed E-state index contributed by atoms with van der Waals surface area (Å²) in [6, 6.07) is 17.8. The Morgan fingerprint density at radius 1 is 1.00 bits per heavy atom. The van der Waals surface area contributed by atoms with E-state index in [-0.39, 0.29) is 0 Å². The van der Waals surface area contributed by atoms with Crippen molar-refractivity contribution in [3.8, 4) is 17.0 Å². The van der Waals surface area contributed by atoms with E-state index in [2.05, 4.69) is 4.98 Å². The van der Waals surface area contributed by atoms with Crippen LogP contribution in [-0.2, 0) is 0 Å². The van der Waals surface area contributed by atoms with Crippen molar-refractivity contribution in [2.75, 3.05) is 7.11 Å². The topological polar surface area (TPSA) is 22.1 Å². The highest BCUT2D eigenvalue weighted by Gasteiger charge is 2.09. The fourth-order valence-corrected chi connectivity index (χ4v) is 2.41. The number of ether oxygens (including phenoxy) is 1. The van der Waals surface area contributed by atoms with Crippen molar-refractivity contribution in [2.45, 2.75) is 0 Å². The number of rotatable bonds is 2. The number of fused-ring (bicyclic) bond motifs is 1. The molecule has 0 fully saturated rings. The van der Waals surface area contributed by atoms with Crippen molar-refractivity contribution >= 4 is 22.4 Å². The van der Waals surface area contributed by atoms with Crippen LogP contribution in [0.15, 0.2) is 54.6 Å². The Bertz CT molecular complexity index is 740. The highest BCUT2D eigenvalue weighted by atomic mass is 35.5. The van der Waals surface area contributed by atoms with Gasteiger partial charge in [-0.25, -0.2) is 4.98 Å². The molecule has 3 rings (SSSR count). The SMILES string of the molecule is COc1ccccc1-c1cc2ccccc2c(Cl)n1. The minimum atomic E-state index is 0.513. The molecule has 0 saturated heterocycles. The van der Waals surface area contributed by atoms with Crippen LogP contribution < -0.4 is 4.74 Å². The molecule has 0 amide bonds. The molecule has 0 spiro atoms. The van der Waals surface area contributed by atoms with Crippen LogP contribution in [0.3, 0.4) is 0 Å². The maximum Gasteiger partial charge on any atom is 0.137 e. The van der Waals surface area contributed by atoms with Gasteiger partial charge in [-0.2, -0.15) is 0 Å². The van der Waals surface area contributed by atoms with Gasteiger partial charge in [0.2, 0.25) is 0 Å². The zero-order valence-corrected chi connectivity index (χ0v) is 11.2. The van der Waals surface area contributed by atoms with E-state index in [4.69, 9.17) is 16.3 Å². The second kappa shape index (κ2) is 4.90. The van der Waals surface area contributed by atoms with Crippen LogP contribution in [0.25, 0.3) is 22.0 Å². The summed E-state index contributed by atoms with van der Waals surface area (Å²) in [7, 11) is 1.65. The molecule has 19 heavy (non-hydrogen) atoms. The van der Waals surface area contributed by atoms with Crippen molar-refractivity contribution in [2.24, 2.45) is 0 Å². The molecule has 0 N–H and O–H groups in total. The van der Waals surface area contributed by atoms with Gasteiger partial charge in [0.1, 0.15) is 10.9 Å². The first-order valence-corrected chi connectivity index (χ1v) is 6.36. The highest BCUT2D eigenvalue weighted by molar-refractivity contribution is 6.34. The third-order valence-electron chi connectivity index (χ3n) is 3.08. The number of para-hydroxylation sites is 1. The quantitative estimate of drug-likeness (QED) is 0.636. The zero-order valence-electron chi connectivity index (χ0n) is 10.4. The number of benzene rings is 2. The number of halogens is 1. The predicted octanol–water partition coefficient (Wildman–Crippen LogP) is 4.56. The Labute approximate surface area is 116 Å². The summed E-state index contributed by atoms with van der Waals surface area (Å²) in [5.74, 6) is 0.793. The molecule has 0 bridgehead atoms. The highest BCUT2D eigenvalue weighted by Crippen LogP contribution is 2.32. The Morgan fingerprint density at radius 2 is 1.74 bits per heavy atom. The first-order valence-electron chi connectivity index (χ1n) is 5.98. The lowest BCUT2D eigenvalue weighted by Gasteiger charge is -2.09. The van der Waals surface area contributed by atoms with Gasteiger partial charge in [0.15, 0.2) is 0 Å². The molecule has 0 atom stereocenters. The summed E-state index contributed by atoms with van der Waals surface area (Å²) < 4.78 is 5.37. The fourth-order valence-electron chi connectivity index (χ4n) is 2.15. The number of hydrogen-bond donors (Lipinski definition) is 0. The number of pyridine rings is 1. The Hall–Kier alpha value is -2.06. The minimum Gasteiger partial charge on any atom is -0.496 e. The van der Waals surface area contributed by atoms with Crippen molar-refractivity contribution < 1.29 is 4.74 Å². The molecular weight excluding hydrogens is 258 g/mol. The molecule has 2 aromatic carbocycles. The van der Waals surface area contributed by atoms with Crippen molar-refractivity contribution in [1.29, 1.82) is 0 Å². The second-order valence-corrected chi connectivity index (χ2v) is 4.58. The molecule has 0 saturated carbocycles. The average molecular weight is 270 g/mol. The summed E-state index contributed by atoms with van der Waals surface area (Å²) in [6.45, 7) is 0. The first kappa shape index (κ1) is 12.0. The summed E-state index contributed by atoms with van der Waals surface area (Å²) in [4.78, 5) is 4.47. The molecular formula is C16H12ClNO. The van der Waals surface area contributed by atoms with Crippen LogP contribution in [0.2, 0.25) is 5.15 Å². The molecule has 0 unspecified atom stereocenters. The summed E-state index contributed by atoms with van der Waals surface area (Å²) >= 11 is 6.26. The molecule has 3 aromatic rings. The standard InChI is InChI=1S/C16H12ClNO/c1-19-15-9-5-4-8-13(15)14-10-11-6-2-3-7-12(11)16(17)18-14/h2-10H,1H3.